The summed E-state index contributed by atoms with van der Waals surface area (Å²) in [5.74, 6) is 2.60. The zero-order chi connectivity index (χ0) is 34.5. The van der Waals surface area contributed by atoms with Gasteiger partial charge in [-0.05, 0) is 72.0 Å². The van der Waals surface area contributed by atoms with Crippen molar-refractivity contribution >= 4 is 6.09 Å². The lowest BCUT2D eigenvalue weighted by Crippen LogP contribution is -2.50. The summed E-state index contributed by atoms with van der Waals surface area (Å²) < 4.78 is 26.4. The number of nitrogens with zero attached hydrogens (tertiary/aromatic N) is 5. The van der Waals surface area contributed by atoms with Crippen LogP contribution in [0.3, 0.4) is 0 Å². The van der Waals surface area contributed by atoms with Gasteiger partial charge in [0.2, 0.25) is 0 Å². The van der Waals surface area contributed by atoms with E-state index in [0.29, 0.717) is 54.8 Å². The minimum absolute atomic E-state index is 0.288. The lowest BCUT2D eigenvalue weighted by atomic mass is 9.94. The molecule has 1 amide bonds. The number of hydrogen-bond donors (Lipinski definition) is 0. The van der Waals surface area contributed by atoms with Crippen molar-refractivity contribution in [2.24, 2.45) is 0 Å². The van der Waals surface area contributed by atoms with Crippen molar-refractivity contribution in [1.82, 2.24) is 25.1 Å². The molecule has 254 valence electrons. The van der Waals surface area contributed by atoms with Crippen molar-refractivity contribution in [3.63, 3.8) is 0 Å². The Bertz CT molecular complexity index is 1890. The monoisotopic (exact) mass is 661 g/mol. The molecule has 1 unspecified atom stereocenters. The summed E-state index contributed by atoms with van der Waals surface area (Å²) in [4.78, 5) is 14.8. The van der Waals surface area contributed by atoms with Crippen LogP contribution in [0.5, 0.6) is 17.2 Å². The number of likely N-dealkylation sites (tertiary alicyclic amines) is 1. The fraction of sp³-hybridized carbons (Fsp3) is 0.333. The van der Waals surface area contributed by atoms with E-state index in [4.69, 9.17) is 18.9 Å². The van der Waals surface area contributed by atoms with Gasteiger partial charge in [-0.3, -0.25) is 4.90 Å². The first kappa shape index (κ1) is 33.5. The van der Waals surface area contributed by atoms with Crippen LogP contribution in [0.2, 0.25) is 0 Å². The molecule has 1 aromatic heterocycles. The Morgan fingerprint density at radius 3 is 1.98 bits per heavy atom. The van der Waals surface area contributed by atoms with Crippen LogP contribution >= 0.6 is 0 Å². The maximum Gasteiger partial charge on any atom is 0.412 e. The number of benzene rings is 4. The number of carbonyl (C=O) groups excluding carboxylic acids is 1. The predicted octanol–water partition coefficient (Wildman–Crippen LogP) is 8.44. The highest BCUT2D eigenvalue weighted by Crippen LogP contribution is 2.45. The van der Waals surface area contributed by atoms with E-state index in [9.17, 15) is 4.79 Å². The Morgan fingerprint density at radius 2 is 1.43 bits per heavy atom. The second-order valence-corrected chi connectivity index (χ2v) is 13.4. The number of carbonyl (C=O) groups is 1. The van der Waals surface area contributed by atoms with Crippen molar-refractivity contribution in [3.8, 4) is 39.8 Å². The predicted molar refractivity (Wildman–Crippen MR) is 187 cm³/mol. The van der Waals surface area contributed by atoms with Gasteiger partial charge in [0.05, 0.1) is 12.7 Å². The molecule has 0 aliphatic carbocycles. The third-order valence-corrected chi connectivity index (χ3v) is 8.37. The summed E-state index contributed by atoms with van der Waals surface area (Å²) in [7, 11) is 1.67. The number of methoxy groups -OCH3 is 1. The first-order valence-corrected chi connectivity index (χ1v) is 16.6. The molecule has 0 spiro atoms. The molecule has 1 aliphatic rings. The number of rotatable bonds is 11. The van der Waals surface area contributed by atoms with Gasteiger partial charge >= 0.3 is 6.09 Å². The second-order valence-electron chi connectivity index (χ2n) is 13.4. The molecule has 1 fully saturated rings. The molecule has 0 N–H and O–H groups in total. The van der Waals surface area contributed by atoms with E-state index in [2.05, 4.69) is 41.5 Å². The molecular formula is C39H43N5O5. The molecule has 10 nitrogen and oxygen atoms in total. The number of ether oxygens (including phenoxy) is 4. The first-order valence-electron chi connectivity index (χ1n) is 16.6. The fourth-order valence-corrected chi connectivity index (χ4v) is 5.68. The van der Waals surface area contributed by atoms with Crippen molar-refractivity contribution in [2.45, 2.75) is 71.9 Å². The Kier molecular flexibility index (Phi) is 9.85. The molecule has 4 aromatic carbocycles. The van der Waals surface area contributed by atoms with Crippen LogP contribution in [0, 0.1) is 0 Å². The van der Waals surface area contributed by atoms with E-state index >= 15 is 0 Å². The summed E-state index contributed by atoms with van der Waals surface area (Å²) in [6.45, 7) is 11.1. The zero-order valence-corrected chi connectivity index (χ0v) is 28.9. The molecule has 0 bridgehead atoms. The molecule has 10 heteroatoms. The number of tetrazole rings is 1. The first-order chi connectivity index (χ1) is 23.6. The third kappa shape index (κ3) is 7.69. The van der Waals surface area contributed by atoms with Crippen LogP contribution in [0.15, 0.2) is 91.0 Å². The molecule has 1 saturated heterocycles. The molecule has 1 aliphatic heterocycles. The van der Waals surface area contributed by atoms with Crippen LogP contribution in [-0.2, 0) is 18.0 Å². The van der Waals surface area contributed by atoms with E-state index in [0.717, 1.165) is 27.8 Å². The second kappa shape index (κ2) is 14.4. The van der Waals surface area contributed by atoms with Gasteiger partial charge < -0.3 is 18.9 Å². The van der Waals surface area contributed by atoms with Gasteiger partial charge in [0, 0.05) is 30.2 Å². The number of amides is 1. The summed E-state index contributed by atoms with van der Waals surface area (Å²) in [6, 6.07) is 30.1. The van der Waals surface area contributed by atoms with Crippen molar-refractivity contribution in [3.05, 3.63) is 108 Å². The maximum absolute atomic E-state index is 13.1. The van der Waals surface area contributed by atoms with E-state index in [1.807, 2.05) is 99.6 Å². The van der Waals surface area contributed by atoms with E-state index < -0.39 is 17.9 Å². The van der Waals surface area contributed by atoms with Gasteiger partial charge in [0.1, 0.15) is 42.2 Å². The van der Waals surface area contributed by atoms with Crippen LogP contribution in [-0.4, -0.2) is 50.5 Å². The van der Waals surface area contributed by atoms with Crippen molar-refractivity contribution < 1.29 is 23.7 Å². The van der Waals surface area contributed by atoms with Gasteiger partial charge in [-0.1, -0.05) is 80.6 Å². The normalized spacial score (nSPS) is 14.3. The van der Waals surface area contributed by atoms with Crippen LogP contribution in [0.25, 0.3) is 22.5 Å². The highest BCUT2D eigenvalue weighted by molar-refractivity contribution is 5.83. The summed E-state index contributed by atoms with van der Waals surface area (Å²) in [5, 5.41) is 12.9. The topological polar surface area (TPSA) is 101 Å². The highest BCUT2D eigenvalue weighted by Gasteiger charge is 2.39. The highest BCUT2D eigenvalue weighted by atomic mass is 16.6. The standard InChI is InChI=1S/C39H43N5O5/c1-26(2)29-17-18-33(46-6)30(21-29)31-22-32(37-40-41-42-44(37)36-19-20-43(36)38(45)49-39(3,4)5)35(48-25-28-15-11-8-12-16-28)23-34(31)47-24-27-13-9-7-10-14-27/h7-18,21-23,26,36H,19-20,24-25H2,1-6H3. The smallest absolute Gasteiger partial charge is 0.412 e. The quantitative estimate of drug-likeness (QED) is 0.139. The van der Waals surface area contributed by atoms with Crippen molar-refractivity contribution in [2.75, 3.05) is 13.7 Å². The van der Waals surface area contributed by atoms with Gasteiger partial charge in [-0.2, -0.15) is 0 Å². The van der Waals surface area contributed by atoms with Crippen molar-refractivity contribution in [1.29, 1.82) is 0 Å². The van der Waals surface area contributed by atoms with Crippen LogP contribution in [0.4, 0.5) is 4.79 Å². The van der Waals surface area contributed by atoms with Crippen LogP contribution < -0.4 is 14.2 Å². The SMILES string of the molecule is COc1ccc(C(C)C)cc1-c1cc(-c2nnnn2C2CCN2C(=O)OC(C)(C)C)c(OCc2ccccc2)cc1OCc1ccccc1. The lowest BCUT2D eigenvalue weighted by Gasteiger charge is -2.41. The largest absolute Gasteiger partial charge is 0.496 e. The van der Waals surface area contributed by atoms with E-state index in [-0.39, 0.29) is 5.92 Å². The Balaban J connectivity index is 1.49. The zero-order valence-electron chi connectivity index (χ0n) is 28.9. The van der Waals surface area contributed by atoms with E-state index in [1.54, 1.807) is 16.7 Å². The fourth-order valence-electron chi connectivity index (χ4n) is 5.68. The molecule has 0 radical (unpaired) electrons. The molecule has 2 heterocycles. The summed E-state index contributed by atoms with van der Waals surface area (Å²) in [6.07, 6.45) is -0.156. The van der Waals surface area contributed by atoms with Gasteiger partial charge in [0.15, 0.2) is 5.82 Å². The Hall–Kier alpha value is -5.38. The average Bonchev–Trinajstić information content (AvgIpc) is 3.54. The molecular weight excluding hydrogens is 618 g/mol. The molecule has 6 rings (SSSR count). The molecule has 0 saturated carbocycles. The van der Waals surface area contributed by atoms with Gasteiger partial charge in [-0.15, -0.1) is 5.10 Å². The third-order valence-electron chi connectivity index (χ3n) is 8.37. The van der Waals surface area contributed by atoms with Gasteiger partial charge in [-0.25, -0.2) is 9.48 Å². The van der Waals surface area contributed by atoms with Gasteiger partial charge in [0.25, 0.3) is 0 Å². The molecule has 1 atom stereocenters. The van der Waals surface area contributed by atoms with Crippen LogP contribution in [0.1, 0.15) is 69.8 Å². The average molecular weight is 662 g/mol. The minimum Gasteiger partial charge on any atom is -0.496 e. The van der Waals surface area contributed by atoms with E-state index in [1.165, 1.54) is 0 Å². The molecule has 5 aromatic rings. The Morgan fingerprint density at radius 1 is 0.816 bits per heavy atom. The minimum atomic E-state index is -0.632. The lowest BCUT2D eigenvalue weighted by molar-refractivity contribution is -0.0256. The summed E-state index contributed by atoms with van der Waals surface area (Å²) in [5.41, 5.74) is 4.87. The number of hydrogen-bond acceptors (Lipinski definition) is 8. The number of aromatic nitrogens is 4. The molecule has 49 heavy (non-hydrogen) atoms. The Labute approximate surface area is 287 Å². The maximum atomic E-state index is 13.1. The summed E-state index contributed by atoms with van der Waals surface area (Å²) >= 11 is 0.